The van der Waals surface area contributed by atoms with Gasteiger partial charge in [0.1, 0.15) is 0 Å². The molecule has 0 N–H and O–H groups in total. The van der Waals surface area contributed by atoms with Gasteiger partial charge in [-0.05, 0) is 66.8 Å². The largest absolute Gasteiger partial charge is 0.469 e. The summed E-state index contributed by atoms with van der Waals surface area (Å²) in [5, 5.41) is 0. The summed E-state index contributed by atoms with van der Waals surface area (Å²) >= 11 is 0. The third kappa shape index (κ3) is 2.11. The van der Waals surface area contributed by atoms with Gasteiger partial charge in [-0.25, -0.2) is 0 Å². The highest BCUT2D eigenvalue weighted by Crippen LogP contribution is 2.66. The molecular weight excluding hydrogens is 260 g/mol. The number of benzene rings is 1. The Bertz CT molecular complexity index is 534. The molecule has 0 spiro atoms. The molecule has 4 fully saturated rings. The minimum Gasteiger partial charge on any atom is -0.469 e. The summed E-state index contributed by atoms with van der Waals surface area (Å²) in [5.41, 5.74) is 2.06. The molecule has 5 rings (SSSR count). The molecule has 1 aromatic rings. The van der Waals surface area contributed by atoms with Crippen molar-refractivity contribution in [3.05, 3.63) is 35.9 Å². The first kappa shape index (κ1) is 13.4. The van der Waals surface area contributed by atoms with Crippen LogP contribution in [0.4, 0.5) is 0 Å². The Balaban J connectivity index is 1.70. The average molecular weight is 284 g/mol. The molecule has 0 aliphatic heterocycles. The van der Waals surface area contributed by atoms with Crippen molar-refractivity contribution in [3.8, 4) is 0 Å². The van der Waals surface area contributed by atoms with Crippen molar-refractivity contribution < 1.29 is 9.53 Å². The molecule has 0 saturated heterocycles. The molecule has 2 heteroatoms. The lowest BCUT2D eigenvalue weighted by Gasteiger charge is -2.62. The molecule has 4 aliphatic carbocycles. The summed E-state index contributed by atoms with van der Waals surface area (Å²) in [4.78, 5) is 11.9. The van der Waals surface area contributed by atoms with Gasteiger partial charge in [0.25, 0.3) is 0 Å². The Kier molecular flexibility index (Phi) is 2.92. The van der Waals surface area contributed by atoms with E-state index in [2.05, 4.69) is 30.3 Å². The molecule has 0 amide bonds. The lowest BCUT2D eigenvalue weighted by atomic mass is 9.42. The van der Waals surface area contributed by atoms with Gasteiger partial charge in [-0.15, -0.1) is 0 Å². The average Bonchev–Trinajstić information content (AvgIpc) is 2.46. The molecule has 21 heavy (non-hydrogen) atoms. The topological polar surface area (TPSA) is 26.3 Å². The van der Waals surface area contributed by atoms with Gasteiger partial charge in [0.2, 0.25) is 0 Å². The quantitative estimate of drug-likeness (QED) is 0.782. The van der Waals surface area contributed by atoms with Crippen molar-refractivity contribution >= 4 is 5.97 Å². The maximum absolute atomic E-state index is 11.9. The van der Waals surface area contributed by atoms with Crippen LogP contribution in [0.2, 0.25) is 0 Å². The van der Waals surface area contributed by atoms with Crippen LogP contribution in [0, 0.1) is 17.3 Å². The van der Waals surface area contributed by atoms with E-state index in [1.165, 1.54) is 51.2 Å². The van der Waals surface area contributed by atoms with E-state index < -0.39 is 0 Å². The van der Waals surface area contributed by atoms with Crippen LogP contribution in [0.3, 0.4) is 0 Å². The fourth-order valence-electron chi connectivity index (χ4n) is 6.17. The standard InChI is InChI=1S/C19H24O2/c1-21-17(20)12-18-8-14-7-15(9-18)11-19(10-14,13-18)16-5-3-2-4-6-16/h2-6,14-15H,7-13H2,1H3/t14-,15+,18?,19?. The van der Waals surface area contributed by atoms with Gasteiger partial charge < -0.3 is 4.74 Å². The van der Waals surface area contributed by atoms with Crippen molar-refractivity contribution in [2.45, 2.75) is 50.4 Å². The van der Waals surface area contributed by atoms with Crippen molar-refractivity contribution in [1.82, 2.24) is 0 Å². The van der Waals surface area contributed by atoms with Gasteiger partial charge in [-0.3, -0.25) is 4.79 Å². The first-order valence-electron chi connectivity index (χ1n) is 8.26. The summed E-state index contributed by atoms with van der Waals surface area (Å²) in [6.45, 7) is 0. The van der Waals surface area contributed by atoms with Crippen LogP contribution in [-0.4, -0.2) is 13.1 Å². The highest BCUT2D eigenvalue weighted by molar-refractivity contribution is 5.70. The van der Waals surface area contributed by atoms with Crippen molar-refractivity contribution in [3.63, 3.8) is 0 Å². The predicted molar refractivity (Wildman–Crippen MR) is 81.9 cm³/mol. The lowest BCUT2D eigenvalue weighted by molar-refractivity contribution is -0.150. The van der Waals surface area contributed by atoms with Gasteiger partial charge in [-0.2, -0.15) is 0 Å². The van der Waals surface area contributed by atoms with Crippen molar-refractivity contribution in [1.29, 1.82) is 0 Å². The Morgan fingerprint density at radius 2 is 1.81 bits per heavy atom. The van der Waals surface area contributed by atoms with E-state index in [4.69, 9.17) is 4.74 Å². The van der Waals surface area contributed by atoms with E-state index in [0.717, 1.165) is 11.8 Å². The van der Waals surface area contributed by atoms with E-state index in [1.807, 2.05) is 0 Å². The number of carbonyl (C=O) groups is 1. The number of rotatable bonds is 3. The number of carbonyl (C=O) groups excluding carboxylic acids is 1. The Hall–Kier alpha value is -1.31. The minimum absolute atomic E-state index is 0.0137. The summed E-state index contributed by atoms with van der Waals surface area (Å²) in [6, 6.07) is 11.0. The van der Waals surface area contributed by atoms with Crippen LogP contribution in [0.5, 0.6) is 0 Å². The maximum atomic E-state index is 11.9. The fraction of sp³-hybridized carbons (Fsp3) is 0.632. The minimum atomic E-state index is -0.0137. The molecule has 2 nitrogen and oxygen atoms in total. The molecule has 2 unspecified atom stereocenters. The van der Waals surface area contributed by atoms with E-state index in [-0.39, 0.29) is 11.4 Å². The van der Waals surface area contributed by atoms with Crippen LogP contribution in [0.15, 0.2) is 30.3 Å². The summed E-state index contributed by atoms with van der Waals surface area (Å²) < 4.78 is 4.99. The summed E-state index contributed by atoms with van der Waals surface area (Å²) in [5.74, 6) is 1.62. The number of ether oxygens (including phenoxy) is 1. The third-order valence-corrected chi connectivity index (χ3v) is 6.32. The Labute approximate surface area is 126 Å². The van der Waals surface area contributed by atoms with Gasteiger partial charge in [0.15, 0.2) is 0 Å². The van der Waals surface area contributed by atoms with Crippen LogP contribution < -0.4 is 0 Å². The van der Waals surface area contributed by atoms with Crippen LogP contribution in [0.1, 0.15) is 50.5 Å². The monoisotopic (exact) mass is 284 g/mol. The highest BCUT2D eigenvalue weighted by Gasteiger charge is 2.58. The smallest absolute Gasteiger partial charge is 0.306 e. The lowest BCUT2D eigenvalue weighted by Crippen LogP contribution is -2.54. The fourth-order valence-corrected chi connectivity index (χ4v) is 6.17. The van der Waals surface area contributed by atoms with Crippen molar-refractivity contribution in [2.24, 2.45) is 17.3 Å². The van der Waals surface area contributed by atoms with E-state index in [9.17, 15) is 4.79 Å². The summed E-state index contributed by atoms with van der Waals surface area (Å²) in [6.07, 6.45) is 8.35. The molecule has 0 radical (unpaired) electrons. The second-order valence-electron chi connectivity index (χ2n) is 7.86. The maximum Gasteiger partial charge on any atom is 0.306 e. The van der Waals surface area contributed by atoms with Gasteiger partial charge in [-0.1, -0.05) is 30.3 Å². The number of hydrogen-bond acceptors (Lipinski definition) is 2. The summed E-state index contributed by atoms with van der Waals surface area (Å²) in [7, 11) is 1.52. The van der Waals surface area contributed by atoms with Crippen LogP contribution in [-0.2, 0) is 14.9 Å². The zero-order valence-corrected chi connectivity index (χ0v) is 12.8. The third-order valence-electron chi connectivity index (χ3n) is 6.32. The molecule has 1 aromatic carbocycles. The predicted octanol–water partition coefficient (Wildman–Crippen LogP) is 4.09. The second-order valence-corrected chi connectivity index (χ2v) is 7.86. The Morgan fingerprint density at radius 1 is 1.14 bits per heavy atom. The van der Waals surface area contributed by atoms with Crippen LogP contribution >= 0.6 is 0 Å². The zero-order chi connectivity index (χ0) is 14.5. The van der Waals surface area contributed by atoms with Gasteiger partial charge >= 0.3 is 5.97 Å². The van der Waals surface area contributed by atoms with E-state index in [1.54, 1.807) is 0 Å². The molecule has 112 valence electrons. The molecule has 4 saturated carbocycles. The van der Waals surface area contributed by atoms with E-state index in [0.29, 0.717) is 11.8 Å². The number of methoxy groups -OCH3 is 1. The number of hydrogen-bond donors (Lipinski definition) is 0. The Morgan fingerprint density at radius 3 is 2.43 bits per heavy atom. The van der Waals surface area contributed by atoms with Crippen LogP contribution in [0.25, 0.3) is 0 Å². The molecule has 0 aromatic heterocycles. The molecule has 4 bridgehead atoms. The molecule has 4 aliphatic rings. The molecule has 4 atom stereocenters. The normalized spacial score (nSPS) is 40.2. The first-order chi connectivity index (χ1) is 10.1. The number of esters is 1. The zero-order valence-electron chi connectivity index (χ0n) is 12.8. The van der Waals surface area contributed by atoms with Crippen molar-refractivity contribution in [2.75, 3.05) is 7.11 Å². The second kappa shape index (κ2) is 4.59. The SMILES string of the molecule is COC(=O)CC12C[C@H]3C[C@@H](C1)CC(c1ccccc1)(C3)C2. The van der Waals surface area contributed by atoms with Gasteiger partial charge in [0, 0.05) is 0 Å². The first-order valence-corrected chi connectivity index (χ1v) is 8.26. The van der Waals surface area contributed by atoms with E-state index >= 15 is 0 Å². The molecular formula is C19H24O2. The van der Waals surface area contributed by atoms with Gasteiger partial charge in [0.05, 0.1) is 13.5 Å². The highest BCUT2D eigenvalue weighted by atomic mass is 16.5. The molecule has 0 heterocycles.